The SMILES string of the molecule is CCCC(c1ccc2ccccc2c1)P(=O)(O)OC(CCC(=O)O)C(=O)O. The molecule has 0 saturated carbocycles. The Labute approximate surface area is 157 Å². The van der Waals surface area contributed by atoms with Gasteiger partial charge in [-0.2, -0.15) is 0 Å². The van der Waals surface area contributed by atoms with Crippen molar-refractivity contribution in [1.82, 2.24) is 0 Å². The van der Waals surface area contributed by atoms with E-state index in [1.165, 1.54) is 0 Å². The maximum atomic E-state index is 12.9. The molecule has 0 saturated heterocycles. The molecule has 2 aromatic rings. The van der Waals surface area contributed by atoms with Crippen molar-refractivity contribution in [1.29, 1.82) is 0 Å². The van der Waals surface area contributed by atoms with Crippen molar-refractivity contribution in [3.63, 3.8) is 0 Å². The summed E-state index contributed by atoms with van der Waals surface area (Å²) in [6.45, 7) is 1.85. The molecule has 0 spiro atoms. The number of carbonyl (C=O) groups is 2. The molecule has 0 aromatic heterocycles. The normalized spacial score (nSPS) is 15.8. The molecule has 2 aromatic carbocycles. The van der Waals surface area contributed by atoms with E-state index in [0.29, 0.717) is 18.4 Å². The van der Waals surface area contributed by atoms with E-state index in [9.17, 15) is 24.2 Å². The van der Waals surface area contributed by atoms with Crippen LogP contribution in [0.15, 0.2) is 42.5 Å². The molecule has 27 heavy (non-hydrogen) atoms. The first kappa shape index (κ1) is 21.1. The van der Waals surface area contributed by atoms with Gasteiger partial charge in [-0.25, -0.2) is 4.79 Å². The zero-order valence-electron chi connectivity index (χ0n) is 14.9. The second-order valence-corrected chi connectivity index (χ2v) is 8.30. The van der Waals surface area contributed by atoms with Crippen LogP contribution in [-0.4, -0.2) is 33.1 Å². The summed E-state index contributed by atoms with van der Waals surface area (Å²) in [5.41, 5.74) is -0.303. The summed E-state index contributed by atoms with van der Waals surface area (Å²) in [6.07, 6.45) is -1.58. The third-order valence-corrected chi connectivity index (χ3v) is 6.19. The smallest absolute Gasteiger partial charge is 0.336 e. The Kier molecular flexibility index (Phi) is 7.13. The van der Waals surface area contributed by atoms with Crippen molar-refractivity contribution in [3.05, 3.63) is 48.0 Å². The van der Waals surface area contributed by atoms with Crippen LogP contribution in [0.5, 0.6) is 0 Å². The lowest BCUT2D eigenvalue weighted by atomic mass is 10.0. The van der Waals surface area contributed by atoms with Crippen LogP contribution in [0.4, 0.5) is 0 Å². The molecule has 2 rings (SSSR count). The summed E-state index contributed by atoms with van der Waals surface area (Å²) >= 11 is 0. The standard InChI is InChI=1S/C19H23O7P/c1-2-5-17(15-9-8-13-6-3-4-7-14(13)12-15)27(24,25)26-16(19(22)23)10-11-18(20)21/h3-4,6-9,12,16-17H,2,5,10-11H2,1H3,(H,20,21)(H,22,23)(H,24,25). The highest BCUT2D eigenvalue weighted by atomic mass is 31.2. The van der Waals surface area contributed by atoms with Crippen molar-refractivity contribution in [3.8, 4) is 0 Å². The molecular formula is C19H23O7P. The van der Waals surface area contributed by atoms with Gasteiger partial charge in [-0.3, -0.25) is 13.9 Å². The highest BCUT2D eigenvalue weighted by molar-refractivity contribution is 7.53. The number of aliphatic carboxylic acids is 2. The van der Waals surface area contributed by atoms with Gasteiger partial charge in [0.05, 0.1) is 5.66 Å². The fourth-order valence-corrected chi connectivity index (χ4v) is 4.77. The topological polar surface area (TPSA) is 121 Å². The molecule has 7 nitrogen and oxygen atoms in total. The number of benzene rings is 2. The summed E-state index contributed by atoms with van der Waals surface area (Å²) < 4.78 is 18.0. The first-order valence-corrected chi connectivity index (χ1v) is 10.3. The van der Waals surface area contributed by atoms with Crippen molar-refractivity contribution in [2.75, 3.05) is 0 Å². The number of fused-ring (bicyclic) bond motifs is 1. The molecule has 3 atom stereocenters. The van der Waals surface area contributed by atoms with Gasteiger partial charge in [0.2, 0.25) is 0 Å². The molecule has 0 heterocycles. The molecule has 0 bridgehead atoms. The van der Waals surface area contributed by atoms with Gasteiger partial charge < -0.3 is 15.1 Å². The Morgan fingerprint density at radius 1 is 1.07 bits per heavy atom. The summed E-state index contributed by atoms with van der Waals surface area (Å²) in [4.78, 5) is 32.6. The second-order valence-electron chi connectivity index (χ2n) is 6.34. The molecule has 0 fully saturated rings. The zero-order valence-corrected chi connectivity index (χ0v) is 15.8. The summed E-state index contributed by atoms with van der Waals surface area (Å²) in [7, 11) is -4.36. The number of carboxylic acid groups (broad SMARTS) is 2. The number of hydrogen-bond acceptors (Lipinski definition) is 4. The lowest BCUT2D eigenvalue weighted by molar-refractivity contribution is -0.146. The molecule has 3 unspecified atom stereocenters. The van der Waals surface area contributed by atoms with E-state index >= 15 is 0 Å². The van der Waals surface area contributed by atoms with Gasteiger partial charge in [0.1, 0.15) is 0 Å². The van der Waals surface area contributed by atoms with Gasteiger partial charge in [0, 0.05) is 6.42 Å². The van der Waals surface area contributed by atoms with Crippen molar-refractivity contribution in [2.45, 2.75) is 44.4 Å². The van der Waals surface area contributed by atoms with E-state index in [-0.39, 0.29) is 6.42 Å². The third-order valence-electron chi connectivity index (χ3n) is 4.29. The number of carboxylic acids is 2. The largest absolute Gasteiger partial charge is 0.481 e. The van der Waals surface area contributed by atoms with E-state index < -0.39 is 37.7 Å². The summed E-state index contributed by atoms with van der Waals surface area (Å²) in [5, 5.41) is 19.8. The molecule has 0 aliphatic rings. The molecule has 0 amide bonds. The monoisotopic (exact) mass is 394 g/mol. The fourth-order valence-electron chi connectivity index (χ4n) is 2.94. The number of hydrogen-bond donors (Lipinski definition) is 3. The first-order chi connectivity index (χ1) is 12.7. The Morgan fingerprint density at radius 2 is 1.74 bits per heavy atom. The Balaban J connectivity index is 2.32. The van der Waals surface area contributed by atoms with Gasteiger partial charge in [0.15, 0.2) is 6.10 Å². The van der Waals surface area contributed by atoms with E-state index in [2.05, 4.69) is 0 Å². The predicted molar refractivity (Wildman–Crippen MR) is 101 cm³/mol. The molecule has 3 N–H and O–H groups in total. The van der Waals surface area contributed by atoms with E-state index in [0.717, 1.165) is 10.8 Å². The zero-order chi connectivity index (χ0) is 20.0. The van der Waals surface area contributed by atoms with Gasteiger partial charge >= 0.3 is 19.5 Å². The van der Waals surface area contributed by atoms with Crippen LogP contribution in [0.2, 0.25) is 0 Å². The molecular weight excluding hydrogens is 371 g/mol. The number of rotatable bonds is 10. The second kappa shape index (κ2) is 9.13. The van der Waals surface area contributed by atoms with Crippen LogP contribution in [0, 0.1) is 0 Å². The molecule has 0 radical (unpaired) electrons. The van der Waals surface area contributed by atoms with Gasteiger partial charge in [0.25, 0.3) is 0 Å². The minimum absolute atomic E-state index is 0.331. The average Bonchev–Trinajstić information content (AvgIpc) is 2.62. The van der Waals surface area contributed by atoms with Crippen LogP contribution in [0.3, 0.4) is 0 Å². The van der Waals surface area contributed by atoms with E-state index in [1.807, 2.05) is 37.3 Å². The third kappa shape index (κ3) is 5.63. The van der Waals surface area contributed by atoms with Crippen LogP contribution < -0.4 is 0 Å². The quantitative estimate of drug-likeness (QED) is 0.516. The van der Waals surface area contributed by atoms with Crippen molar-refractivity contribution < 1.29 is 33.8 Å². The lowest BCUT2D eigenvalue weighted by Gasteiger charge is -2.25. The van der Waals surface area contributed by atoms with Crippen LogP contribution in [0.1, 0.15) is 43.8 Å². The van der Waals surface area contributed by atoms with E-state index in [1.54, 1.807) is 12.1 Å². The van der Waals surface area contributed by atoms with Gasteiger partial charge in [-0.1, -0.05) is 55.8 Å². The molecule has 0 aliphatic carbocycles. The highest BCUT2D eigenvalue weighted by Crippen LogP contribution is 2.59. The minimum Gasteiger partial charge on any atom is -0.481 e. The Morgan fingerprint density at radius 3 is 2.33 bits per heavy atom. The summed E-state index contributed by atoms with van der Waals surface area (Å²) in [6, 6.07) is 12.9. The van der Waals surface area contributed by atoms with Crippen molar-refractivity contribution >= 4 is 30.3 Å². The first-order valence-electron chi connectivity index (χ1n) is 8.68. The maximum absolute atomic E-state index is 12.9. The van der Waals surface area contributed by atoms with Crippen LogP contribution in [-0.2, 0) is 18.7 Å². The van der Waals surface area contributed by atoms with Gasteiger partial charge in [-0.15, -0.1) is 0 Å². The Bertz CT molecular complexity index is 864. The van der Waals surface area contributed by atoms with E-state index in [4.69, 9.17) is 9.63 Å². The summed E-state index contributed by atoms with van der Waals surface area (Å²) in [5.74, 6) is -2.66. The lowest BCUT2D eigenvalue weighted by Crippen LogP contribution is -2.25. The fraction of sp³-hybridized carbons (Fsp3) is 0.368. The predicted octanol–water partition coefficient (Wildman–Crippen LogP) is 4.20. The average molecular weight is 394 g/mol. The Hall–Kier alpha value is -2.21. The minimum atomic E-state index is -4.36. The highest BCUT2D eigenvalue weighted by Gasteiger charge is 2.38. The van der Waals surface area contributed by atoms with Crippen molar-refractivity contribution in [2.24, 2.45) is 0 Å². The molecule has 8 heteroatoms. The molecule has 146 valence electrons. The van der Waals surface area contributed by atoms with Crippen LogP contribution in [0.25, 0.3) is 10.8 Å². The maximum Gasteiger partial charge on any atom is 0.336 e. The van der Waals surface area contributed by atoms with Gasteiger partial charge in [-0.05, 0) is 29.2 Å². The molecule has 0 aliphatic heterocycles. The van der Waals surface area contributed by atoms with Crippen LogP contribution >= 0.6 is 7.60 Å².